The van der Waals surface area contributed by atoms with Gasteiger partial charge in [-0.3, -0.25) is 0 Å². The highest BCUT2D eigenvalue weighted by atomic mass is 16.5. The average molecular weight is 241 g/mol. The molecule has 1 heterocycles. The van der Waals surface area contributed by atoms with Crippen LogP contribution in [0, 0.1) is 5.92 Å². The molecule has 1 aliphatic heterocycles. The van der Waals surface area contributed by atoms with Crippen molar-refractivity contribution in [1.29, 1.82) is 0 Å². The maximum absolute atomic E-state index is 6.18. The number of likely N-dealkylation sites (N-methyl/N-ethyl adjacent to an activating group) is 1. The Morgan fingerprint density at radius 2 is 2.12 bits per heavy atom. The molecule has 1 saturated heterocycles. The number of nitrogens with one attached hydrogen (secondary N) is 1. The molecule has 100 valence electrons. The minimum Gasteiger partial charge on any atom is -0.381 e. The lowest BCUT2D eigenvalue weighted by Crippen LogP contribution is -2.55. The van der Waals surface area contributed by atoms with Crippen molar-refractivity contribution in [2.45, 2.75) is 57.1 Å². The number of hydrogen-bond donors (Lipinski definition) is 1. The second-order valence-electron chi connectivity index (χ2n) is 5.45. The summed E-state index contributed by atoms with van der Waals surface area (Å²) in [6.45, 7) is 4.78. The van der Waals surface area contributed by atoms with Gasteiger partial charge in [-0.25, -0.2) is 0 Å². The largest absolute Gasteiger partial charge is 0.381 e. The molecule has 0 amide bonds. The summed E-state index contributed by atoms with van der Waals surface area (Å²) >= 11 is 0. The summed E-state index contributed by atoms with van der Waals surface area (Å²) in [6, 6.07) is 0.463. The van der Waals surface area contributed by atoms with E-state index in [9.17, 15) is 0 Å². The van der Waals surface area contributed by atoms with Crippen LogP contribution in [0.25, 0.3) is 0 Å². The van der Waals surface area contributed by atoms with Crippen LogP contribution >= 0.6 is 0 Å². The maximum atomic E-state index is 6.18. The predicted molar refractivity (Wildman–Crippen MR) is 69.2 cm³/mol. The zero-order chi connectivity index (χ0) is 12.1. The summed E-state index contributed by atoms with van der Waals surface area (Å²) in [5.41, 5.74) is 0.0782. The fourth-order valence-electron chi connectivity index (χ4n) is 3.76. The van der Waals surface area contributed by atoms with Crippen molar-refractivity contribution in [3.8, 4) is 0 Å². The van der Waals surface area contributed by atoms with Gasteiger partial charge >= 0.3 is 0 Å². The average Bonchev–Trinajstić information content (AvgIpc) is 2.81. The Hall–Kier alpha value is -0.120. The molecule has 0 aromatic rings. The third kappa shape index (κ3) is 2.83. The van der Waals surface area contributed by atoms with Gasteiger partial charge in [-0.2, -0.15) is 0 Å². The van der Waals surface area contributed by atoms with Crippen LogP contribution in [0.1, 0.15) is 45.4 Å². The fourth-order valence-corrected chi connectivity index (χ4v) is 3.76. The van der Waals surface area contributed by atoms with E-state index < -0.39 is 0 Å². The lowest BCUT2D eigenvalue weighted by molar-refractivity contribution is -0.0908. The topological polar surface area (TPSA) is 30.5 Å². The molecule has 2 atom stereocenters. The van der Waals surface area contributed by atoms with Gasteiger partial charge in [-0.1, -0.05) is 12.8 Å². The Balaban J connectivity index is 2.07. The van der Waals surface area contributed by atoms with Crippen LogP contribution in [0.3, 0.4) is 0 Å². The highest BCUT2D eigenvalue weighted by molar-refractivity contribution is 5.00. The number of rotatable bonds is 5. The monoisotopic (exact) mass is 241 g/mol. The molecule has 0 bridgehead atoms. The van der Waals surface area contributed by atoms with Crippen molar-refractivity contribution in [2.24, 2.45) is 5.92 Å². The molecule has 0 radical (unpaired) electrons. The molecule has 1 N–H and O–H groups in total. The van der Waals surface area contributed by atoms with Crippen molar-refractivity contribution in [2.75, 3.05) is 26.9 Å². The number of ether oxygens (including phenoxy) is 2. The van der Waals surface area contributed by atoms with Crippen molar-refractivity contribution in [1.82, 2.24) is 5.32 Å². The van der Waals surface area contributed by atoms with Crippen LogP contribution in [-0.4, -0.2) is 38.5 Å². The zero-order valence-electron chi connectivity index (χ0n) is 11.3. The Morgan fingerprint density at radius 3 is 2.65 bits per heavy atom. The van der Waals surface area contributed by atoms with Crippen molar-refractivity contribution < 1.29 is 9.47 Å². The van der Waals surface area contributed by atoms with Crippen LogP contribution in [-0.2, 0) is 9.47 Å². The Labute approximate surface area is 105 Å². The molecule has 3 heteroatoms. The van der Waals surface area contributed by atoms with E-state index in [0.29, 0.717) is 12.0 Å². The van der Waals surface area contributed by atoms with Crippen molar-refractivity contribution >= 4 is 0 Å². The molecule has 0 aromatic heterocycles. The summed E-state index contributed by atoms with van der Waals surface area (Å²) in [6.07, 6.45) is 7.52. The van der Waals surface area contributed by atoms with Gasteiger partial charge in [0.1, 0.15) is 0 Å². The van der Waals surface area contributed by atoms with Gasteiger partial charge in [0, 0.05) is 25.2 Å². The van der Waals surface area contributed by atoms with E-state index in [1.54, 1.807) is 0 Å². The molecule has 0 aromatic carbocycles. The third-order valence-corrected chi connectivity index (χ3v) is 4.43. The Morgan fingerprint density at radius 1 is 1.35 bits per heavy atom. The highest BCUT2D eigenvalue weighted by Gasteiger charge is 2.45. The van der Waals surface area contributed by atoms with Crippen molar-refractivity contribution in [3.63, 3.8) is 0 Å². The second-order valence-corrected chi connectivity index (χ2v) is 5.45. The van der Waals surface area contributed by atoms with Gasteiger partial charge in [0.05, 0.1) is 12.2 Å². The maximum Gasteiger partial charge on any atom is 0.0838 e. The summed E-state index contributed by atoms with van der Waals surface area (Å²) in [7, 11) is 2.08. The summed E-state index contributed by atoms with van der Waals surface area (Å²) in [4.78, 5) is 0. The fraction of sp³-hybridized carbons (Fsp3) is 1.00. The van der Waals surface area contributed by atoms with Crippen molar-refractivity contribution in [3.05, 3.63) is 0 Å². The van der Waals surface area contributed by atoms with Crippen LogP contribution in [0.5, 0.6) is 0 Å². The predicted octanol–water partition coefficient (Wildman–Crippen LogP) is 2.35. The molecule has 2 fully saturated rings. The molecule has 3 nitrogen and oxygen atoms in total. The van der Waals surface area contributed by atoms with Gasteiger partial charge in [0.25, 0.3) is 0 Å². The lowest BCUT2D eigenvalue weighted by atomic mass is 9.80. The van der Waals surface area contributed by atoms with Crippen LogP contribution in [0.4, 0.5) is 0 Å². The first-order chi connectivity index (χ1) is 8.32. The normalized spacial score (nSPS) is 30.4. The van der Waals surface area contributed by atoms with Gasteiger partial charge < -0.3 is 14.8 Å². The van der Waals surface area contributed by atoms with Gasteiger partial charge in [0.2, 0.25) is 0 Å². The van der Waals surface area contributed by atoms with Gasteiger partial charge in [0.15, 0.2) is 0 Å². The molecule has 0 spiro atoms. The SMILES string of the molecule is CCOC1(C(NC)C2CCCOC2)CCCC1. The van der Waals surface area contributed by atoms with E-state index >= 15 is 0 Å². The standard InChI is InChI=1S/C14H27NO2/c1-3-17-14(8-4-5-9-14)13(15-2)12-7-6-10-16-11-12/h12-13,15H,3-11H2,1-2H3. The van der Waals surface area contributed by atoms with Gasteiger partial charge in [-0.05, 0) is 39.7 Å². The molecule has 1 aliphatic carbocycles. The zero-order valence-corrected chi connectivity index (χ0v) is 11.3. The lowest BCUT2D eigenvalue weighted by Gasteiger charge is -2.42. The molecular formula is C14H27NO2. The molecule has 2 aliphatic rings. The first-order valence-corrected chi connectivity index (χ1v) is 7.21. The van der Waals surface area contributed by atoms with E-state index in [1.165, 1.54) is 38.5 Å². The van der Waals surface area contributed by atoms with Crippen LogP contribution in [0.2, 0.25) is 0 Å². The van der Waals surface area contributed by atoms with E-state index in [4.69, 9.17) is 9.47 Å². The summed E-state index contributed by atoms with van der Waals surface area (Å²) < 4.78 is 11.8. The highest BCUT2D eigenvalue weighted by Crippen LogP contribution is 2.40. The molecule has 1 saturated carbocycles. The Kier molecular flexibility index (Phi) is 4.83. The first-order valence-electron chi connectivity index (χ1n) is 7.21. The quantitative estimate of drug-likeness (QED) is 0.801. The van der Waals surface area contributed by atoms with E-state index in [1.807, 2.05) is 0 Å². The van der Waals surface area contributed by atoms with Gasteiger partial charge in [-0.15, -0.1) is 0 Å². The first kappa shape index (κ1) is 13.3. The van der Waals surface area contributed by atoms with Crippen LogP contribution < -0.4 is 5.32 Å². The minimum atomic E-state index is 0.0782. The third-order valence-electron chi connectivity index (χ3n) is 4.43. The Bertz CT molecular complexity index is 220. The molecular weight excluding hydrogens is 214 g/mol. The van der Waals surface area contributed by atoms with E-state index in [0.717, 1.165) is 19.8 Å². The summed E-state index contributed by atoms with van der Waals surface area (Å²) in [5.74, 6) is 0.624. The van der Waals surface area contributed by atoms with E-state index in [-0.39, 0.29) is 5.60 Å². The molecule has 2 rings (SSSR count). The molecule has 2 unspecified atom stereocenters. The second kappa shape index (κ2) is 6.17. The minimum absolute atomic E-state index is 0.0782. The van der Waals surface area contributed by atoms with Crippen LogP contribution in [0.15, 0.2) is 0 Å². The van der Waals surface area contributed by atoms with E-state index in [2.05, 4.69) is 19.3 Å². The smallest absolute Gasteiger partial charge is 0.0838 e. The molecule has 17 heavy (non-hydrogen) atoms. The number of hydrogen-bond acceptors (Lipinski definition) is 3. The summed E-state index contributed by atoms with van der Waals surface area (Å²) in [5, 5.41) is 3.53.